The van der Waals surface area contributed by atoms with Crippen LogP contribution < -0.4 is 14.5 Å². The summed E-state index contributed by atoms with van der Waals surface area (Å²) in [6.07, 6.45) is 4.73. The van der Waals surface area contributed by atoms with E-state index in [-0.39, 0.29) is 17.9 Å². The van der Waals surface area contributed by atoms with E-state index in [0.717, 1.165) is 44.5 Å². The second-order valence-corrected chi connectivity index (χ2v) is 8.73. The monoisotopic (exact) mass is 427 g/mol. The van der Waals surface area contributed by atoms with Gasteiger partial charge in [-0.15, -0.1) is 0 Å². The minimum atomic E-state index is -0.254. The van der Waals surface area contributed by atoms with Gasteiger partial charge in [-0.25, -0.2) is 4.90 Å². The van der Waals surface area contributed by atoms with Crippen LogP contribution in [-0.2, 0) is 16.0 Å². The summed E-state index contributed by atoms with van der Waals surface area (Å²) in [4.78, 5) is 28.1. The molecule has 1 N–H and O–H groups in total. The number of nitrogens with one attached hydrogen (secondary N) is 1. The maximum absolute atomic E-state index is 13.0. The molecule has 2 saturated heterocycles. The number of imide groups is 1. The fourth-order valence-electron chi connectivity index (χ4n) is 4.66. The van der Waals surface area contributed by atoms with Gasteiger partial charge in [0, 0.05) is 5.02 Å². The largest absolute Gasteiger partial charge is 0.497 e. The molecule has 2 aromatic carbocycles. The summed E-state index contributed by atoms with van der Waals surface area (Å²) in [6.45, 7) is 1.90. The Kier molecular flexibility index (Phi) is 6.40. The number of quaternary nitrogens is 1. The maximum Gasteiger partial charge on any atom is 0.292 e. The van der Waals surface area contributed by atoms with Crippen LogP contribution in [0.2, 0.25) is 5.02 Å². The van der Waals surface area contributed by atoms with Crippen molar-refractivity contribution in [3.63, 3.8) is 0 Å². The second kappa shape index (κ2) is 9.19. The smallest absolute Gasteiger partial charge is 0.292 e. The van der Waals surface area contributed by atoms with Gasteiger partial charge in [-0.3, -0.25) is 9.59 Å². The fraction of sp³-hybridized carbons (Fsp3) is 0.417. The van der Waals surface area contributed by atoms with E-state index in [1.54, 1.807) is 31.4 Å². The standard InChI is InChI=1S/C24H27ClN2O3/c1-30-21-10-4-17(5-11-21)2-3-18-12-14-26(15-13-18)22-16-23(28)27(24(22)29)20-8-6-19(25)7-9-20/h4-11,18,22H,2-3,12-16H2,1H3/p+1/t22-/m1/s1. The van der Waals surface area contributed by atoms with Gasteiger partial charge in [0.2, 0.25) is 5.91 Å². The highest BCUT2D eigenvalue weighted by atomic mass is 35.5. The Morgan fingerprint density at radius 3 is 2.33 bits per heavy atom. The topological polar surface area (TPSA) is 51.1 Å². The molecule has 2 fully saturated rings. The Labute approximate surface area is 182 Å². The number of halogens is 1. The third kappa shape index (κ3) is 4.52. The molecule has 0 saturated carbocycles. The molecule has 2 aromatic rings. The first kappa shape index (κ1) is 20.9. The van der Waals surface area contributed by atoms with Crippen molar-refractivity contribution in [2.24, 2.45) is 5.92 Å². The minimum Gasteiger partial charge on any atom is -0.497 e. The third-order valence-corrected chi connectivity index (χ3v) is 6.72. The van der Waals surface area contributed by atoms with Crippen LogP contribution in [0.15, 0.2) is 48.5 Å². The Morgan fingerprint density at radius 2 is 1.70 bits per heavy atom. The average Bonchev–Trinajstić information content (AvgIpc) is 3.07. The van der Waals surface area contributed by atoms with E-state index in [1.165, 1.54) is 15.4 Å². The number of hydrogen-bond donors (Lipinski definition) is 1. The molecule has 4 rings (SSSR count). The van der Waals surface area contributed by atoms with Crippen molar-refractivity contribution in [3.05, 3.63) is 59.1 Å². The van der Waals surface area contributed by atoms with Gasteiger partial charge in [-0.1, -0.05) is 23.7 Å². The first-order valence-corrected chi connectivity index (χ1v) is 11.0. The zero-order valence-corrected chi connectivity index (χ0v) is 18.0. The van der Waals surface area contributed by atoms with Crippen molar-refractivity contribution < 1.29 is 19.2 Å². The molecular formula is C24H28ClN2O3+. The SMILES string of the molecule is COc1ccc(CCC2CC[NH+]([C@@H]3CC(=O)N(c4ccc(Cl)cc4)C3=O)CC2)cc1. The van der Waals surface area contributed by atoms with Crippen LogP contribution in [0.3, 0.4) is 0 Å². The Hall–Kier alpha value is -2.37. The van der Waals surface area contributed by atoms with E-state index in [0.29, 0.717) is 23.0 Å². The van der Waals surface area contributed by atoms with Gasteiger partial charge >= 0.3 is 0 Å². The van der Waals surface area contributed by atoms with E-state index >= 15 is 0 Å². The number of rotatable bonds is 6. The molecule has 0 unspecified atom stereocenters. The van der Waals surface area contributed by atoms with Crippen molar-refractivity contribution in [1.29, 1.82) is 0 Å². The number of carbonyl (C=O) groups excluding carboxylic acids is 2. The molecule has 0 bridgehead atoms. The van der Waals surface area contributed by atoms with Crippen molar-refractivity contribution in [3.8, 4) is 5.75 Å². The predicted octanol–water partition coefficient (Wildman–Crippen LogP) is 2.91. The minimum absolute atomic E-state index is 0.0750. The number of piperidine rings is 1. The molecule has 6 heteroatoms. The Morgan fingerprint density at radius 1 is 1.03 bits per heavy atom. The van der Waals surface area contributed by atoms with E-state index in [9.17, 15) is 9.59 Å². The number of likely N-dealkylation sites (tertiary alicyclic amines) is 1. The van der Waals surface area contributed by atoms with Gasteiger partial charge in [0.1, 0.15) is 5.75 Å². The average molecular weight is 428 g/mol. The number of aryl methyl sites for hydroxylation is 1. The second-order valence-electron chi connectivity index (χ2n) is 8.29. The van der Waals surface area contributed by atoms with Crippen molar-refractivity contribution in [1.82, 2.24) is 0 Å². The highest BCUT2D eigenvalue weighted by Crippen LogP contribution is 2.25. The van der Waals surface area contributed by atoms with Crippen LogP contribution in [0, 0.1) is 5.92 Å². The van der Waals surface area contributed by atoms with Crippen molar-refractivity contribution in [2.45, 2.75) is 38.1 Å². The summed E-state index contributed by atoms with van der Waals surface area (Å²) in [5.41, 5.74) is 1.95. The molecule has 2 amide bonds. The highest BCUT2D eigenvalue weighted by Gasteiger charge is 2.46. The van der Waals surface area contributed by atoms with Gasteiger partial charge in [0.25, 0.3) is 5.91 Å². The summed E-state index contributed by atoms with van der Waals surface area (Å²) in [7, 11) is 1.68. The molecule has 0 spiro atoms. The van der Waals surface area contributed by atoms with E-state index in [1.807, 2.05) is 12.1 Å². The van der Waals surface area contributed by atoms with Gasteiger partial charge in [0.15, 0.2) is 6.04 Å². The van der Waals surface area contributed by atoms with Crippen LogP contribution in [0.25, 0.3) is 0 Å². The van der Waals surface area contributed by atoms with Crippen LogP contribution in [0.1, 0.15) is 31.2 Å². The zero-order valence-electron chi connectivity index (χ0n) is 17.3. The maximum atomic E-state index is 13.0. The van der Waals surface area contributed by atoms with E-state index in [4.69, 9.17) is 16.3 Å². The number of ether oxygens (including phenoxy) is 1. The summed E-state index contributed by atoms with van der Waals surface area (Å²) < 4.78 is 5.22. The molecule has 158 valence electrons. The number of nitrogens with zero attached hydrogens (tertiary/aromatic N) is 1. The van der Waals surface area contributed by atoms with Gasteiger partial charge in [-0.2, -0.15) is 0 Å². The van der Waals surface area contributed by atoms with Crippen LogP contribution in [0.5, 0.6) is 5.75 Å². The molecule has 0 aliphatic carbocycles. The molecule has 0 radical (unpaired) electrons. The van der Waals surface area contributed by atoms with E-state index < -0.39 is 0 Å². The lowest BCUT2D eigenvalue weighted by atomic mass is 9.90. The highest BCUT2D eigenvalue weighted by molar-refractivity contribution is 6.30. The van der Waals surface area contributed by atoms with Gasteiger partial charge < -0.3 is 9.64 Å². The Bertz CT molecular complexity index is 890. The number of carbonyl (C=O) groups is 2. The number of amides is 2. The molecule has 0 aromatic heterocycles. The molecule has 5 nitrogen and oxygen atoms in total. The normalized spacial score (nSPS) is 24.3. The summed E-state index contributed by atoms with van der Waals surface area (Å²) >= 11 is 5.94. The summed E-state index contributed by atoms with van der Waals surface area (Å²) in [5, 5.41) is 0.594. The number of anilines is 1. The first-order chi connectivity index (χ1) is 14.5. The Balaban J connectivity index is 1.30. The lowest BCUT2D eigenvalue weighted by Crippen LogP contribution is -3.17. The van der Waals surface area contributed by atoms with Gasteiger partial charge in [-0.05, 0) is 73.6 Å². The third-order valence-electron chi connectivity index (χ3n) is 6.47. The molecule has 1 atom stereocenters. The van der Waals surface area contributed by atoms with Crippen LogP contribution >= 0.6 is 11.6 Å². The van der Waals surface area contributed by atoms with Crippen molar-refractivity contribution in [2.75, 3.05) is 25.1 Å². The molecule has 2 heterocycles. The lowest BCUT2D eigenvalue weighted by Gasteiger charge is -2.32. The summed E-state index contributed by atoms with van der Waals surface area (Å²) in [6, 6.07) is 14.9. The first-order valence-electron chi connectivity index (χ1n) is 10.6. The molecule has 2 aliphatic heterocycles. The number of hydrogen-bond acceptors (Lipinski definition) is 3. The van der Waals surface area contributed by atoms with Gasteiger partial charge in [0.05, 0.1) is 32.3 Å². The number of benzene rings is 2. The molecular weight excluding hydrogens is 400 g/mol. The van der Waals surface area contributed by atoms with Crippen LogP contribution in [0.4, 0.5) is 5.69 Å². The predicted molar refractivity (Wildman–Crippen MR) is 117 cm³/mol. The quantitative estimate of drug-likeness (QED) is 0.721. The molecule has 30 heavy (non-hydrogen) atoms. The number of methoxy groups -OCH3 is 1. The van der Waals surface area contributed by atoms with Crippen LogP contribution in [-0.4, -0.2) is 38.1 Å². The lowest BCUT2D eigenvalue weighted by molar-refractivity contribution is -0.920. The summed E-state index contributed by atoms with van der Waals surface area (Å²) in [5.74, 6) is 1.38. The van der Waals surface area contributed by atoms with Crippen molar-refractivity contribution >= 4 is 29.1 Å². The van der Waals surface area contributed by atoms with E-state index in [2.05, 4.69) is 12.1 Å². The zero-order chi connectivity index (χ0) is 21.1. The fourth-order valence-corrected chi connectivity index (χ4v) is 4.79. The molecule has 2 aliphatic rings.